The van der Waals surface area contributed by atoms with Crippen LogP contribution in [0.25, 0.3) is 0 Å². The highest BCUT2D eigenvalue weighted by molar-refractivity contribution is 6.31. The third kappa shape index (κ3) is 1.71. The van der Waals surface area contributed by atoms with Crippen LogP contribution >= 0.6 is 11.6 Å². The van der Waals surface area contributed by atoms with E-state index in [4.69, 9.17) is 11.6 Å². The monoisotopic (exact) mass is 188 g/mol. The molecule has 0 heterocycles. The lowest BCUT2D eigenvalue weighted by Crippen LogP contribution is -2.22. The molecule has 0 saturated heterocycles. The summed E-state index contributed by atoms with van der Waals surface area (Å²) in [6.45, 7) is 6.35. The molecule has 2 heteroatoms. The first-order chi connectivity index (χ1) is 5.46. The SMILES string of the molecule is CC(C)C1(C)C=C(Cl)C(F)=CC1. The zero-order valence-electron chi connectivity index (χ0n) is 7.70. The summed E-state index contributed by atoms with van der Waals surface area (Å²) in [4.78, 5) is 0. The van der Waals surface area contributed by atoms with Gasteiger partial charge in [0, 0.05) is 0 Å². The van der Waals surface area contributed by atoms with Crippen molar-refractivity contribution in [3.8, 4) is 0 Å². The van der Waals surface area contributed by atoms with Crippen molar-refractivity contribution >= 4 is 11.6 Å². The topological polar surface area (TPSA) is 0 Å². The molecule has 68 valence electrons. The van der Waals surface area contributed by atoms with Gasteiger partial charge in [0.05, 0.1) is 5.03 Å². The molecule has 0 nitrogen and oxygen atoms in total. The van der Waals surface area contributed by atoms with Crippen LogP contribution in [0.15, 0.2) is 23.0 Å². The number of hydrogen-bond donors (Lipinski definition) is 0. The Morgan fingerprint density at radius 3 is 2.58 bits per heavy atom. The van der Waals surface area contributed by atoms with Crippen LogP contribution in [0.5, 0.6) is 0 Å². The van der Waals surface area contributed by atoms with E-state index in [9.17, 15) is 4.39 Å². The summed E-state index contributed by atoms with van der Waals surface area (Å²) in [5.41, 5.74) is 0.0205. The molecule has 0 fully saturated rings. The van der Waals surface area contributed by atoms with Gasteiger partial charge in [-0.15, -0.1) is 0 Å². The normalized spacial score (nSPS) is 30.2. The molecule has 1 rings (SSSR count). The van der Waals surface area contributed by atoms with Crippen molar-refractivity contribution < 1.29 is 4.39 Å². The van der Waals surface area contributed by atoms with E-state index >= 15 is 0 Å². The molecule has 0 aromatic carbocycles. The maximum atomic E-state index is 12.8. The summed E-state index contributed by atoms with van der Waals surface area (Å²) in [6.07, 6.45) is 4.14. The van der Waals surface area contributed by atoms with E-state index < -0.39 is 0 Å². The summed E-state index contributed by atoms with van der Waals surface area (Å²) in [5.74, 6) is 0.199. The Hall–Kier alpha value is -0.300. The third-order valence-corrected chi connectivity index (χ3v) is 3.01. The first-order valence-electron chi connectivity index (χ1n) is 4.20. The van der Waals surface area contributed by atoms with E-state index in [-0.39, 0.29) is 16.3 Å². The van der Waals surface area contributed by atoms with Gasteiger partial charge in [-0.1, -0.05) is 38.4 Å². The van der Waals surface area contributed by atoms with E-state index in [1.54, 1.807) is 6.08 Å². The Bertz CT molecular complexity index is 240. The van der Waals surface area contributed by atoms with Crippen LogP contribution in [0.1, 0.15) is 27.2 Å². The summed E-state index contributed by atoms with van der Waals surface area (Å²) in [7, 11) is 0. The molecule has 1 aliphatic rings. The van der Waals surface area contributed by atoms with Gasteiger partial charge in [0.25, 0.3) is 0 Å². The van der Waals surface area contributed by atoms with Gasteiger partial charge in [-0.05, 0) is 23.8 Å². The highest BCUT2D eigenvalue weighted by Crippen LogP contribution is 2.40. The van der Waals surface area contributed by atoms with E-state index in [2.05, 4.69) is 20.8 Å². The lowest BCUT2D eigenvalue weighted by Gasteiger charge is -2.31. The molecule has 0 bridgehead atoms. The zero-order chi connectivity index (χ0) is 9.35. The van der Waals surface area contributed by atoms with Crippen LogP contribution in [-0.2, 0) is 0 Å². The molecule has 1 atom stereocenters. The predicted molar refractivity (Wildman–Crippen MR) is 50.7 cm³/mol. The lowest BCUT2D eigenvalue weighted by molar-refractivity contribution is 0.294. The van der Waals surface area contributed by atoms with Gasteiger partial charge in [0.1, 0.15) is 5.83 Å². The highest BCUT2D eigenvalue weighted by atomic mass is 35.5. The van der Waals surface area contributed by atoms with Crippen molar-refractivity contribution in [3.63, 3.8) is 0 Å². The molecule has 1 aliphatic carbocycles. The molecular formula is C10H14ClF. The summed E-state index contributed by atoms with van der Waals surface area (Å²) in [5, 5.41) is 0.262. The van der Waals surface area contributed by atoms with Crippen molar-refractivity contribution in [1.29, 1.82) is 0 Å². The number of halogens is 2. The lowest BCUT2D eigenvalue weighted by atomic mass is 9.74. The van der Waals surface area contributed by atoms with Crippen molar-refractivity contribution in [3.05, 3.63) is 23.0 Å². The fourth-order valence-electron chi connectivity index (χ4n) is 1.23. The second-order valence-corrected chi connectivity index (χ2v) is 4.32. The summed E-state index contributed by atoms with van der Waals surface area (Å²) < 4.78 is 12.8. The first kappa shape index (κ1) is 9.79. The molecule has 1 unspecified atom stereocenters. The van der Waals surface area contributed by atoms with Gasteiger partial charge in [-0.25, -0.2) is 4.39 Å². The van der Waals surface area contributed by atoms with Crippen LogP contribution in [0.2, 0.25) is 0 Å². The van der Waals surface area contributed by atoms with Crippen LogP contribution in [0, 0.1) is 11.3 Å². The van der Waals surface area contributed by atoms with Crippen molar-refractivity contribution in [2.45, 2.75) is 27.2 Å². The van der Waals surface area contributed by atoms with E-state index in [1.165, 1.54) is 0 Å². The molecule has 0 radical (unpaired) electrons. The van der Waals surface area contributed by atoms with Crippen LogP contribution in [-0.4, -0.2) is 0 Å². The Labute approximate surface area is 78.1 Å². The van der Waals surface area contributed by atoms with Crippen molar-refractivity contribution in [2.24, 2.45) is 11.3 Å². The van der Waals surface area contributed by atoms with Crippen LogP contribution in [0.3, 0.4) is 0 Å². The largest absolute Gasteiger partial charge is 0.206 e. The average Bonchev–Trinajstić information content (AvgIpc) is 1.97. The second kappa shape index (κ2) is 3.21. The maximum Gasteiger partial charge on any atom is 0.137 e. The molecule has 12 heavy (non-hydrogen) atoms. The zero-order valence-corrected chi connectivity index (χ0v) is 8.45. The molecule has 0 N–H and O–H groups in total. The van der Waals surface area contributed by atoms with Gasteiger partial charge in [-0.3, -0.25) is 0 Å². The van der Waals surface area contributed by atoms with Gasteiger partial charge in [0.2, 0.25) is 0 Å². The Balaban J connectivity index is 2.90. The fourth-order valence-corrected chi connectivity index (χ4v) is 1.55. The molecule has 0 aromatic rings. The van der Waals surface area contributed by atoms with Gasteiger partial charge < -0.3 is 0 Å². The summed E-state index contributed by atoms with van der Waals surface area (Å²) >= 11 is 5.71. The quantitative estimate of drug-likeness (QED) is 0.583. The molecule has 0 aliphatic heterocycles. The van der Waals surface area contributed by atoms with Gasteiger partial charge in [0.15, 0.2) is 0 Å². The number of hydrogen-bond acceptors (Lipinski definition) is 0. The first-order valence-corrected chi connectivity index (χ1v) is 4.58. The van der Waals surface area contributed by atoms with Gasteiger partial charge in [-0.2, -0.15) is 0 Å². The molecule has 0 saturated carbocycles. The highest BCUT2D eigenvalue weighted by Gasteiger charge is 2.28. The minimum atomic E-state index is -0.283. The Morgan fingerprint density at radius 2 is 2.17 bits per heavy atom. The average molecular weight is 189 g/mol. The smallest absolute Gasteiger partial charge is 0.137 e. The predicted octanol–water partition coefficient (Wildman–Crippen LogP) is 4.03. The van der Waals surface area contributed by atoms with Crippen LogP contribution in [0.4, 0.5) is 4.39 Å². The van der Waals surface area contributed by atoms with E-state index in [1.807, 2.05) is 6.08 Å². The second-order valence-electron chi connectivity index (χ2n) is 3.91. The molecule has 0 spiro atoms. The maximum absolute atomic E-state index is 12.8. The molecule has 0 amide bonds. The Morgan fingerprint density at radius 1 is 1.58 bits per heavy atom. The Kier molecular flexibility index (Phi) is 2.62. The van der Waals surface area contributed by atoms with Crippen LogP contribution < -0.4 is 0 Å². The number of allylic oxidation sites excluding steroid dienone is 4. The van der Waals surface area contributed by atoms with E-state index in [0.717, 1.165) is 6.42 Å². The van der Waals surface area contributed by atoms with Gasteiger partial charge >= 0.3 is 0 Å². The van der Waals surface area contributed by atoms with Crippen molar-refractivity contribution in [2.75, 3.05) is 0 Å². The minimum Gasteiger partial charge on any atom is -0.206 e. The van der Waals surface area contributed by atoms with Crippen molar-refractivity contribution in [1.82, 2.24) is 0 Å². The summed E-state index contributed by atoms with van der Waals surface area (Å²) in [6, 6.07) is 0. The molecular weight excluding hydrogens is 175 g/mol. The standard InChI is InChI=1S/C10H14ClF/c1-7(2)10(3)5-4-9(12)8(11)6-10/h4,6-7H,5H2,1-3H3. The fraction of sp³-hybridized carbons (Fsp3) is 0.600. The van der Waals surface area contributed by atoms with E-state index in [0.29, 0.717) is 5.92 Å². The third-order valence-electron chi connectivity index (χ3n) is 2.72. The molecule has 0 aromatic heterocycles. The minimum absolute atomic E-state index is 0.0205. The number of rotatable bonds is 1.